The molecule has 6 nitrogen and oxygen atoms in total. The Morgan fingerprint density at radius 1 is 1.10 bits per heavy atom. The lowest BCUT2D eigenvalue weighted by molar-refractivity contribution is 0.122. The summed E-state index contributed by atoms with van der Waals surface area (Å²) >= 11 is 1.55. The Kier molecular flexibility index (Phi) is 6.31. The summed E-state index contributed by atoms with van der Waals surface area (Å²) in [5.74, 6) is 1.96. The van der Waals surface area contributed by atoms with Gasteiger partial charge in [-0.1, -0.05) is 36.0 Å². The largest absolute Gasteiger partial charge is 0.494 e. The van der Waals surface area contributed by atoms with Gasteiger partial charge in [-0.2, -0.15) is 0 Å². The molecule has 0 amide bonds. The Hall–Kier alpha value is -2.58. The van der Waals surface area contributed by atoms with Crippen LogP contribution in [0.3, 0.4) is 0 Å². The maximum atomic E-state index is 13.9. The van der Waals surface area contributed by atoms with Crippen molar-refractivity contribution in [1.29, 1.82) is 0 Å². The lowest BCUT2D eigenvalue weighted by Crippen LogP contribution is -2.37. The first-order chi connectivity index (χ1) is 14.3. The van der Waals surface area contributed by atoms with Crippen molar-refractivity contribution in [3.8, 4) is 11.4 Å². The number of para-hydroxylation sites is 1. The second kappa shape index (κ2) is 9.28. The van der Waals surface area contributed by atoms with Crippen molar-refractivity contribution in [1.82, 2.24) is 14.8 Å². The van der Waals surface area contributed by atoms with Gasteiger partial charge in [0.25, 0.3) is 0 Å². The summed E-state index contributed by atoms with van der Waals surface area (Å²) < 4.78 is 27.0. The molecule has 1 aliphatic rings. The number of rotatable bonds is 7. The average molecular weight is 415 g/mol. The van der Waals surface area contributed by atoms with Crippen molar-refractivity contribution in [2.24, 2.45) is 0 Å². The lowest BCUT2D eigenvalue weighted by atomic mass is 10.2. The number of halogens is 1. The molecule has 1 fully saturated rings. The van der Waals surface area contributed by atoms with Gasteiger partial charge in [-0.15, -0.1) is 10.2 Å². The van der Waals surface area contributed by atoms with Gasteiger partial charge in [-0.25, -0.2) is 4.39 Å². The van der Waals surface area contributed by atoms with E-state index in [4.69, 9.17) is 9.47 Å². The second-order valence-corrected chi connectivity index (χ2v) is 7.47. The molecule has 2 heterocycles. The highest BCUT2D eigenvalue weighted by Gasteiger charge is 2.22. The standard InChI is InChI=1S/C21H23FN4O2S/c1-2-28-19-9-4-3-6-16(19)15-29-21-24-23-20(25-10-12-27-13-11-25)26(21)18-8-5-7-17(22)14-18/h3-9,14H,2,10-13,15H2,1H3. The molecule has 152 valence electrons. The summed E-state index contributed by atoms with van der Waals surface area (Å²) in [6, 6.07) is 14.5. The molecular formula is C21H23FN4O2S. The first kappa shape index (κ1) is 19.7. The number of nitrogens with zero attached hydrogens (tertiary/aromatic N) is 4. The summed E-state index contributed by atoms with van der Waals surface area (Å²) in [6.45, 7) is 5.32. The molecule has 1 saturated heterocycles. The maximum absolute atomic E-state index is 13.9. The van der Waals surface area contributed by atoms with Crippen molar-refractivity contribution < 1.29 is 13.9 Å². The summed E-state index contributed by atoms with van der Waals surface area (Å²) in [6.07, 6.45) is 0. The highest BCUT2D eigenvalue weighted by atomic mass is 32.2. The molecule has 0 N–H and O–H groups in total. The Balaban J connectivity index is 1.65. The number of ether oxygens (including phenoxy) is 2. The first-order valence-corrected chi connectivity index (χ1v) is 10.6. The number of morpholine rings is 1. The number of thioether (sulfide) groups is 1. The van der Waals surface area contributed by atoms with E-state index in [1.165, 1.54) is 12.1 Å². The number of aromatic nitrogens is 3. The molecule has 0 bridgehead atoms. The molecule has 0 spiro atoms. The normalized spacial score (nSPS) is 14.2. The third-order valence-electron chi connectivity index (χ3n) is 4.61. The Labute approximate surface area is 173 Å². The molecule has 1 aromatic heterocycles. The maximum Gasteiger partial charge on any atom is 0.232 e. The predicted molar refractivity (Wildman–Crippen MR) is 112 cm³/mol. The van der Waals surface area contributed by atoms with E-state index in [1.807, 2.05) is 41.8 Å². The molecular weight excluding hydrogens is 391 g/mol. The topological polar surface area (TPSA) is 52.4 Å². The van der Waals surface area contributed by atoms with Gasteiger partial charge in [0.05, 0.1) is 25.5 Å². The van der Waals surface area contributed by atoms with Crippen LogP contribution >= 0.6 is 11.8 Å². The van der Waals surface area contributed by atoms with E-state index in [-0.39, 0.29) is 5.82 Å². The van der Waals surface area contributed by atoms with Crippen molar-refractivity contribution in [2.75, 3.05) is 37.8 Å². The van der Waals surface area contributed by atoms with E-state index in [9.17, 15) is 4.39 Å². The van der Waals surface area contributed by atoms with Gasteiger partial charge >= 0.3 is 0 Å². The van der Waals surface area contributed by atoms with E-state index in [0.29, 0.717) is 42.4 Å². The van der Waals surface area contributed by atoms with Crippen LogP contribution in [-0.4, -0.2) is 47.7 Å². The average Bonchev–Trinajstić information content (AvgIpc) is 3.18. The fourth-order valence-corrected chi connectivity index (χ4v) is 4.16. The smallest absolute Gasteiger partial charge is 0.232 e. The molecule has 1 aliphatic heterocycles. The lowest BCUT2D eigenvalue weighted by Gasteiger charge is -2.27. The summed E-state index contributed by atoms with van der Waals surface area (Å²) in [5.41, 5.74) is 1.79. The number of hydrogen-bond acceptors (Lipinski definition) is 6. The van der Waals surface area contributed by atoms with Gasteiger partial charge < -0.3 is 14.4 Å². The van der Waals surface area contributed by atoms with E-state index in [0.717, 1.165) is 24.4 Å². The summed E-state index contributed by atoms with van der Waals surface area (Å²) in [5, 5.41) is 9.56. The molecule has 8 heteroatoms. The zero-order valence-electron chi connectivity index (χ0n) is 16.3. The Morgan fingerprint density at radius 3 is 2.72 bits per heavy atom. The van der Waals surface area contributed by atoms with Crippen molar-refractivity contribution in [3.63, 3.8) is 0 Å². The number of hydrogen-bond donors (Lipinski definition) is 0. The van der Waals surface area contributed by atoms with Crippen molar-refractivity contribution in [2.45, 2.75) is 17.8 Å². The number of anilines is 1. The van der Waals surface area contributed by atoms with E-state index < -0.39 is 0 Å². The minimum atomic E-state index is -0.290. The highest BCUT2D eigenvalue weighted by Crippen LogP contribution is 2.31. The van der Waals surface area contributed by atoms with Gasteiger partial charge in [-0.3, -0.25) is 4.57 Å². The quantitative estimate of drug-likeness (QED) is 0.546. The van der Waals surface area contributed by atoms with Crippen LogP contribution in [0, 0.1) is 5.82 Å². The first-order valence-electron chi connectivity index (χ1n) is 9.64. The molecule has 0 atom stereocenters. The predicted octanol–water partition coefficient (Wildman–Crippen LogP) is 3.93. The van der Waals surface area contributed by atoms with Gasteiger partial charge in [0.1, 0.15) is 11.6 Å². The molecule has 0 unspecified atom stereocenters. The van der Waals surface area contributed by atoms with Crippen LogP contribution in [-0.2, 0) is 10.5 Å². The van der Waals surface area contributed by atoms with E-state index in [1.54, 1.807) is 17.8 Å². The van der Waals surface area contributed by atoms with Crippen LogP contribution in [0.25, 0.3) is 5.69 Å². The second-order valence-electron chi connectivity index (χ2n) is 6.53. The van der Waals surface area contributed by atoms with Crippen LogP contribution in [0.2, 0.25) is 0 Å². The minimum absolute atomic E-state index is 0.290. The van der Waals surface area contributed by atoms with Crippen LogP contribution in [0.15, 0.2) is 53.7 Å². The van der Waals surface area contributed by atoms with Crippen LogP contribution in [0.5, 0.6) is 5.75 Å². The number of benzene rings is 2. The van der Waals surface area contributed by atoms with Gasteiger partial charge in [0.15, 0.2) is 5.16 Å². The van der Waals surface area contributed by atoms with Crippen molar-refractivity contribution >= 4 is 17.7 Å². The summed E-state index contributed by atoms with van der Waals surface area (Å²) in [4.78, 5) is 2.12. The Bertz CT molecular complexity index is 959. The SMILES string of the molecule is CCOc1ccccc1CSc1nnc(N2CCOCC2)n1-c1cccc(F)c1. The highest BCUT2D eigenvalue weighted by molar-refractivity contribution is 7.98. The molecule has 2 aromatic carbocycles. The van der Waals surface area contributed by atoms with E-state index in [2.05, 4.69) is 15.1 Å². The molecule has 29 heavy (non-hydrogen) atoms. The zero-order chi connectivity index (χ0) is 20.1. The fraction of sp³-hybridized carbons (Fsp3) is 0.333. The fourth-order valence-electron chi connectivity index (χ4n) is 3.23. The Morgan fingerprint density at radius 2 is 1.93 bits per heavy atom. The van der Waals surface area contributed by atoms with Gasteiger partial charge in [0, 0.05) is 24.4 Å². The zero-order valence-corrected chi connectivity index (χ0v) is 17.1. The monoisotopic (exact) mass is 414 g/mol. The third kappa shape index (κ3) is 4.54. The minimum Gasteiger partial charge on any atom is -0.494 e. The van der Waals surface area contributed by atoms with Crippen molar-refractivity contribution in [3.05, 3.63) is 59.9 Å². The molecule has 3 aromatic rings. The summed E-state index contributed by atoms with van der Waals surface area (Å²) in [7, 11) is 0. The van der Waals surface area contributed by atoms with Gasteiger partial charge in [-0.05, 0) is 31.2 Å². The molecule has 4 rings (SSSR count). The molecule has 0 saturated carbocycles. The molecule has 0 radical (unpaired) electrons. The van der Waals surface area contributed by atoms with Crippen LogP contribution in [0.1, 0.15) is 12.5 Å². The van der Waals surface area contributed by atoms with Gasteiger partial charge in [0.2, 0.25) is 5.95 Å². The third-order valence-corrected chi connectivity index (χ3v) is 5.58. The molecule has 0 aliphatic carbocycles. The van der Waals surface area contributed by atoms with Crippen LogP contribution < -0.4 is 9.64 Å². The van der Waals surface area contributed by atoms with E-state index >= 15 is 0 Å². The van der Waals surface area contributed by atoms with Crippen LogP contribution in [0.4, 0.5) is 10.3 Å².